The molecule has 0 bridgehead atoms. The van der Waals surface area contributed by atoms with Crippen LogP contribution in [-0.2, 0) is 0 Å². The van der Waals surface area contributed by atoms with Crippen LogP contribution in [0.25, 0.3) is 0 Å². The van der Waals surface area contributed by atoms with E-state index in [1.165, 1.54) is 0 Å². The highest BCUT2D eigenvalue weighted by molar-refractivity contribution is 14.1. The normalized spacial score (nSPS) is 11.8. The number of aliphatic imine (C=N–C) groups is 1. The van der Waals surface area contributed by atoms with Crippen LogP contribution in [0.1, 0.15) is 6.92 Å². The monoisotopic (exact) mass is 338 g/mol. The summed E-state index contributed by atoms with van der Waals surface area (Å²) in [4.78, 5) is 4.16. The molecule has 0 spiro atoms. The molecule has 0 saturated carbocycles. The van der Waals surface area contributed by atoms with Crippen LogP contribution in [0, 0.1) is 3.57 Å². The van der Waals surface area contributed by atoms with E-state index in [9.17, 15) is 0 Å². The molecule has 12 heavy (non-hydrogen) atoms. The topological polar surface area (TPSA) is 38.4 Å². The summed E-state index contributed by atoms with van der Waals surface area (Å²) in [5, 5.41) is 0. The molecule has 0 saturated heterocycles. The number of halogens is 2. The van der Waals surface area contributed by atoms with E-state index < -0.39 is 0 Å². The van der Waals surface area contributed by atoms with Crippen LogP contribution in [0.4, 0.5) is 5.69 Å². The van der Waals surface area contributed by atoms with E-state index in [0.717, 1.165) is 13.7 Å². The van der Waals surface area contributed by atoms with Crippen molar-refractivity contribution in [2.45, 2.75) is 6.92 Å². The predicted octanol–water partition coefficient (Wildman–Crippen LogP) is 3.06. The molecule has 1 aromatic rings. The number of nitrogens with zero attached hydrogens (tertiary/aromatic N) is 1. The Morgan fingerprint density at radius 3 is 2.83 bits per heavy atom. The Morgan fingerprint density at radius 1 is 1.58 bits per heavy atom. The molecule has 0 atom stereocenters. The first-order valence-electron chi connectivity index (χ1n) is 3.35. The lowest BCUT2D eigenvalue weighted by Crippen LogP contribution is -2.03. The first kappa shape index (κ1) is 9.98. The average molecular weight is 339 g/mol. The van der Waals surface area contributed by atoms with Crippen molar-refractivity contribution in [2.24, 2.45) is 10.7 Å². The molecule has 0 fully saturated rings. The Morgan fingerprint density at radius 2 is 2.25 bits per heavy atom. The lowest BCUT2D eigenvalue weighted by molar-refractivity contribution is 1.42. The molecule has 1 aromatic carbocycles. The zero-order valence-electron chi connectivity index (χ0n) is 6.51. The second kappa shape index (κ2) is 4.23. The van der Waals surface area contributed by atoms with Crippen molar-refractivity contribution in [1.82, 2.24) is 0 Å². The van der Waals surface area contributed by atoms with Gasteiger partial charge in [0.15, 0.2) is 0 Å². The molecule has 0 aliphatic heterocycles. The molecular formula is C8H8BrIN2. The van der Waals surface area contributed by atoms with Crippen molar-refractivity contribution in [1.29, 1.82) is 0 Å². The molecule has 4 heteroatoms. The molecule has 0 amide bonds. The average Bonchev–Trinajstić information content (AvgIpc) is 1.96. The molecule has 64 valence electrons. The predicted molar refractivity (Wildman–Crippen MR) is 63.8 cm³/mol. The number of hydrogen-bond donors (Lipinski definition) is 1. The molecule has 0 heterocycles. The summed E-state index contributed by atoms with van der Waals surface area (Å²) < 4.78 is 2.11. The first-order valence-corrected chi connectivity index (χ1v) is 5.22. The van der Waals surface area contributed by atoms with Gasteiger partial charge in [-0.25, -0.2) is 4.99 Å². The smallest absolute Gasteiger partial charge is 0.0965 e. The van der Waals surface area contributed by atoms with E-state index >= 15 is 0 Å². The molecule has 0 aliphatic carbocycles. The van der Waals surface area contributed by atoms with Gasteiger partial charge in [-0.05, 0) is 63.6 Å². The summed E-state index contributed by atoms with van der Waals surface area (Å²) in [6.45, 7) is 1.77. The minimum atomic E-state index is 0.567. The number of benzene rings is 1. The van der Waals surface area contributed by atoms with Gasteiger partial charge in [0.25, 0.3) is 0 Å². The van der Waals surface area contributed by atoms with Crippen molar-refractivity contribution in [3.63, 3.8) is 0 Å². The molecule has 0 aromatic heterocycles. The maximum atomic E-state index is 5.47. The van der Waals surface area contributed by atoms with Crippen molar-refractivity contribution >= 4 is 50.0 Å². The maximum absolute atomic E-state index is 5.47. The van der Waals surface area contributed by atoms with Crippen molar-refractivity contribution in [3.8, 4) is 0 Å². The second-order valence-electron chi connectivity index (χ2n) is 2.35. The van der Waals surface area contributed by atoms with E-state index in [2.05, 4.69) is 43.5 Å². The summed E-state index contributed by atoms with van der Waals surface area (Å²) in [7, 11) is 0. The second-order valence-corrected chi connectivity index (χ2v) is 4.45. The highest BCUT2D eigenvalue weighted by Crippen LogP contribution is 2.26. The van der Waals surface area contributed by atoms with Gasteiger partial charge in [0.2, 0.25) is 0 Å². The quantitative estimate of drug-likeness (QED) is 0.477. The van der Waals surface area contributed by atoms with Crippen LogP contribution in [0.2, 0.25) is 0 Å². The van der Waals surface area contributed by atoms with Crippen LogP contribution >= 0.6 is 38.5 Å². The van der Waals surface area contributed by atoms with Crippen LogP contribution in [0.15, 0.2) is 27.7 Å². The number of amidine groups is 1. The fourth-order valence-corrected chi connectivity index (χ4v) is 1.57. The zero-order chi connectivity index (χ0) is 9.14. The SMILES string of the molecule is CC(N)=Nc1cc(I)ccc1Br. The Balaban J connectivity index is 3.14. The third kappa shape index (κ3) is 2.75. The molecular weight excluding hydrogens is 331 g/mol. The number of rotatable bonds is 1. The minimum Gasteiger partial charge on any atom is -0.387 e. The summed E-state index contributed by atoms with van der Waals surface area (Å²) in [6.07, 6.45) is 0. The summed E-state index contributed by atoms with van der Waals surface area (Å²) >= 11 is 5.63. The van der Waals surface area contributed by atoms with Gasteiger partial charge in [0.1, 0.15) is 0 Å². The zero-order valence-corrected chi connectivity index (χ0v) is 10.3. The van der Waals surface area contributed by atoms with E-state index in [1.807, 2.05) is 18.2 Å². The van der Waals surface area contributed by atoms with Crippen molar-refractivity contribution < 1.29 is 0 Å². The van der Waals surface area contributed by atoms with Gasteiger partial charge in [0.05, 0.1) is 11.5 Å². The maximum Gasteiger partial charge on any atom is 0.0965 e. The molecule has 0 unspecified atom stereocenters. The first-order chi connectivity index (χ1) is 5.59. The van der Waals surface area contributed by atoms with E-state index in [-0.39, 0.29) is 0 Å². The third-order valence-electron chi connectivity index (χ3n) is 1.20. The van der Waals surface area contributed by atoms with Gasteiger partial charge >= 0.3 is 0 Å². The van der Waals surface area contributed by atoms with Gasteiger partial charge in [-0.1, -0.05) is 0 Å². The van der Waals surface area contributed by atoms with Crippen molar-refractivity contribution in [3.05, 3.63) is 26.2 Å². The molecule has 2 N–H and O–H groups in total. The molecule has 0 aliphatic rings. The highest BCUT2D eigenvalue weighted by Gasteiger charge is 1.97. The van der Waals surface area contributed by atoms with Crippen LogP contribution < -0.4 is 5.73 Å². The summed E-state index contributed by atoms with van der Waals surface area (Å²) in [6, 6.07) is 5.94. The van der Waals surface area contributed by atoms with Crippen LogP contribution in [0.3, 0.4) is 0 Å². The van der Waals surface area contributed by atoms with Crippen LogP contribution in [0.5, 0.6) is 0 Å². The number of hydrogen-bond acceptors (Lipinski definition) is 1. The Kier molecular flexibility index (Phi) is 3.52. The fraction of sp³-hybridized carbons (Fsp3) is 0.125. The van der Waals surface area contributed by atoms with Gasteiger partial charge in [-0.3, -0.25) is 0 Å². The lowest BCUT2D eigenvalue weighted by Gasteiger charge is -1.99. The largest absolute Gasteiger partial charge is 0.387 e. The van der Waals surface area contributed by atoms with Gasteiger partial charge in [0, 0.05) is 8.04 Å². The minimum absolute atomic E-state index is 0.567. The van der Waals surface area contributed by atoms with E-state index in [4.69, 9.17) is 5.73 Å². The number of nitrogens with two attached hydrogens (primary N) is 1. The molecule has 0 radical (unpaired) electrons. The van der Waals surface area contributed by atoms with Gasteiger partial charge < -0.3 is 5.73 Å². The molecule has 2 nitrogen and oxygen atoms in total. The van der Waals surface area contributed by atoms with Crippen LogP contribution in [-0.4, -0.2) is 5.84 Å². The highest BCUT2D eigenvalue weighted by atomic mass is 127. The Hall–Kier alpha value is -0.100. The van der Waals surface area contributed by atoms with E-state index in [1.54, 1.807) is 6.92 Å². The standard InChI is InChI=1S/C8H8BrIN2/c1-5(11)12-8-4-6(10)2-3-7(8)9/h2-4H,1H3,(H2,11,12). The molecule has 1 rings (SSSR count). The fourth-order valence-electron chi connectivity index (χ4n) is 0.761. The van der Waals surface area contributed by atoms with Gasteiger partial charge in [-0.15, -0.1) is 0 Å². The van der Waals surface area contributed by atoms with Gasteiger partial charge in [-0.2, -0.15) is 0 Å². The Bertz CT molecular complexity index is 319. The lowest BCUT2D eigenvalue weighted by atomic mass is 10.3. The Labute approximate surface area is 93.5 Å². The third-order valence-corrected chi connectivity index (χ3v) is 2.55. The summed E-state index contributed by atoms with van der Waals surface area (Å²) in [5.74, 6) is 0.567. The van der Waals surface area contributed by atoms with Crippen molar-refractivity contribution in [2.75, 3.05) is 0 Å². The summed E-state index contributed by atoms with van der Waals surface area (Å²) in [5.41, 5.74) is 6.35. The van der Waals surface area contributed by atoms with E-state index in [0.29, 0.717) is 5.84 Å².